The van der Waals surface area contributed by atoms with Crippen LogP contribution in [-0.4, -0.2) is 37.1 Å². The van der Waals surface area contributed by atoms with Crippen molar-refractivity contribution in [2.45, 2.75) is 25.0 Å². The van der Waals surface area contributed by atoms with Crippen LogP contribution in [0.1, 0.15) is 12.8 Å². The molecule has 2 unspecified atom stereocenters. The molecule has 0 aromatic heterocycles. The van der Waals surface area contributed by atoms with E-state index in [0.29, 0.717) is 26.2 Å². The first-order valence-electron chi connectivity index (χ1n) is 4.14. The van der Waals surface area contributed by atoms with E-state index in [0.717, 1.165) is 6.42 Å². The Morgan fingerprint density at radius 3 is 3.17 bits per heavy atom. The van der Waals surface area contributed by atoms with Gasteiger partial charge in [0, 0.05) is 13.0 Å². The fraction of sp³-hybridized carbons (Fsp3) is 0.778. The minimum Gasteiger partial charge on any atom is -0.393 e. The van der Waals surface area contributed by atoms with Gasteiger partial charge in [-0.1, -0.05) is 5.92 Å². The summed E-state index contributed by atoms with van der Waals surface area (Å²) in [6.07, 6.45) is 6.17. The van der Waals surface area contributed by atoms with E-state index in [1.807, 2.05) is 0 Å². The highest BCUT2D eigenvalue weighted by Crippen LogP contribution is 2.13. The van der Waals surface area contributed by atoms with Gasteiger partial charge in [0.25, 0.3) is 0 Å². The van der Waals surface area contributed by atoms with E-state index >= 15 is 0 Å². The highest BCUT2D eigenvalue weighted by molar-refractivity contribution is 4.83. The standard InChI is InChI=1S/C9H14O3/c1-2-4-11-7-9-6-8(10)3-5-12-9/h1,8-10H,3-7H2. The number of rotatable bonds is 3. The Hall–Kier alpha value is -0.560. The Bertz CT molecular complexity index is 162. The molecule has 1 aliphatic rings. The van der Waals surface area contributed by atoms with Gasteiger partial charge in [-0.2, -0.15) is 0 Å². The van der Waals surface area contributed by atoms with Gasteiger partial charge in [-0.25, -0.2) is 0 Å². The summed E-state index contributed by atoms with van der Waals surface area (Å²) in [4.78, 5) is 0. The Kier molecular flexibility index (Phi) is 4.09. The van der Waals surface area contributed by atoms with Crippen molar-refractivity contribution in [1.29, 1.82) is 0 Å². The zero-order chi connectivity index (χ0) is 8.81. The van der Waals surface area contributed by atoms with Crippen LogP contribution >= 0.6 is 0 Å². The summed E-state index contributed by atoms with van der Waals surface area (Å²) in [7, 11) is 0. The van der Waals surface area contributed by atoms with Crippen molar-refractivity contribution in [2.24, 2.45) is 0 Å². The maximum absolute atomic E-state index is 9.26. The summed E-state index contributed by atoms with van der Waals surface area (Å²) < 4.78 is 10.4. The number of terminal acetylenes is 1. The molecule has 3 heteroatoms. The molecule has 1 heterocycles. The lowest BCUT2D eigenvalue weighted by Crippen LogP contribution is -2.32. The van der Waals surface area contributed by atoms with Crippen molar-refractivity contribution in [3.63, 3.8) is 0 Å². The Balaban J connectivity index is 2.11. The third kappa shape index (κ3) is 3.22. The highest BCUT2D eigenvalue weighted by atomic mass is 16.5. The number of ether oxygens (including phenoxy) is 2. The van der Waals surface area contributed by atoms with E-state index in [4.69, 9.17) is 15.9 Å². The van der Waals surface area contributed by atoms with E-state index < -0.39 is 0 Å². The molecule has 0 aromatic rings. The van der Waals surface area contributed by atoms with Crippen molar-refractivity contribution in [2.75, 3.05) is 19.8 Å². The Labute approximate surface area is 72.7 Å². The lowest BCUT2D eigenvalue weighted by Gasteiger charge is -2.25. The first-order chi connectivity index (χ1) is 5.83. The molecule has 0 radical (unpaired) electrons. The Morgan fingerprint density at radius 2 is 2.50 bits per heavy atom. The van der Waals surface area contributed by atoms with Gasteiger partial charge in [-0.3, -0.25) is 0 Å². The molecule has 0 aliphatic carbocycles. The molecule has 0 spiro atoms. The van der Waals surface area contributed by atoms with E-state index in [9.17, 15) is 5.11 Å². The first kappa shape index (κ1) is 9.53. The molecule has 1 aliphatic heterocycles. The van der Waals surface area contributed by atoms with Gasteiger partial charge < -0.3 is 14.6 Å². The molecule has 0 aromatic carbocycles. The van der Waals surface area contributed by atoms with Crippen LogP contribution in [0.5, 0.6) is 0 Å². The number of aliphatic hydroxyl groups is 1. The van der Waals surface area contributed by atoms with Crippen molar-refractivity contribution in [1.82, 2.24) is 0 Å². The zero-order valence-electron chi connectivity index (χ0n) is 7.03. The van der Waals surface area contributed by atoms with E-state index in [2.05, 4.69) is 5.92 Å². The quantitative estimate of drug-likeness (QED) is 0.485. The van der Waals surface area contributed by atoms with Crippen molar-refractivity contribution in [3.05, 3.63) is 0 Å². The Morgan fingerprint density at radius 1 is 1.67 bits per heavy atom. The molecular formula is C9H14O3. The fourth-order valence-corrected chi connectivity index (χ4v) is 1.23. The van der Waals surface area contributed by atoms with Gasteiger partial charge in [0.05, 0.1) is 18.8 Å². The van der Waals surface area contributed by atoms with Gasteiger partial charge in [-0.05, 0) is 6.42 Å². The van der Waals surface area contributed by atoms with E-state index in [-0.39, 0.29) is 12.2 Å². The average Bonchev–Trinajstić information content (AvgIpc) is 2.05. The summed E-state index contributed by atoms with van der Waals surface area (Å²) in [5.74, 6) is 2.38. The van der Waals surface area contributed by atoms with Crippen LogP contribution in [0.15, 0.2) is 0 Å². The molecule has 1 rings (SSSR count). The average molecular weight is 170 g/mol. The monoisotopic (exact) mass is 170 g/mol. The maximum atomic E-state index is 9.26. The molecule has 1 fully saturated rings. The molecule has 0 saturated carbocycles. The topological polar surface area (TPSA) is 38.7 Å². The first-order valence-corrected chi connectivity index (χ1v) is 4.14. The molecule has 0 bridgehead atoms. The number of aliphatic hydroxyl groups excluding tert-OH is 1. The summed E-state index contributed by atoms with van der Waals surface area (Å²) >= 11 is 0. The summed E-state index contributed by atoms with van der Waals surface area (Å²) in [5.41, 5.74) is 0. The summed E-state index contributed by atoms with van der Waals surface area (Å²) in [5, 5.41) is 9.26. The lowest BCUT2D eigenvalue weighted by atomic mass is 10.1. The van der Waals surface area contributed by atoms with Crippen LogP contribution in [0, 0.1) is 12.3 Å². The minimum atomic E-state index is -0.238. The van der Waals surface area contributed by atoms with Gasteiger partial charge >= 0.3 is 0 Å². The van der Waals surface area contributed by atoms with Crippen LogP contribution in [-0.2, 0) is 9.47 Å². The smallest absolute Gasteiger partial charge is 0.107 e. The molecular weight excluding hydrogens is 156 g/mol. The van der Waals surface area contributed by atoms with Gasteiger partial charge in [-0.15, -0.1) is 6.42 Å². The van der Waals surface area contributed by atoms with E-state index in [1.165, 1.54) is 0 Å². The van der Waals surface area contributed by atoms with Crippen LogP contribution in [0.25, 0.3) is 0 Å². The maximum Gasteiger partial charge on any atom is 0.107 e. The molecule has 0 amide bonds. The van der Waals surface area contributed by atoms with Crippen LogP contribution in [0.2, 0.25) is 0 Å². The second-order valence-corrected chi connectivity index (χ2v) is 2.89. The number of hydrogen-bond acceptors (Lipinski definition) is 3. The van der Waals surface area contributed by atoms with Crippen molar-refractivity contribution >= 4 is 0 Å². The van der Waals surface area contributed by atoms with Gasteiger partial charge in [0.15, 0.2) is 0 Å². The highest BCUT2D eigenvalue weighted by Gasteiger charge is 2.20. The molecule has 1 saturated heterocycles. The van der Waals surface area contributed by atoms with Crippen LogP contribution in [0.4, 0.5) is 0 Å². The third-order valence-corrected chi connectivity index (χ3v) is 1.83. The van der Waals surface area contributed by atoms with Crippen LogP contribution in [0.3, 0.4) is 0 Å². The van der Waals surface area contributed by atoms with Gasteiger partial charge in [0.2, 0.25) is 0 Å². The third-order valence-electron chi connectivity index (χ3n) is 1.83. The summed E-state index contributed by atoms with van der Waals surface area (Å²) in [6.45, 7) is 1.42. The molecule has 2 atom stereocenters. The predicted molar refractivity (Wildman–Crippen MR) is 44.6 cm³/mol. The van der Waals surface area contributed by atoms with Crippen molar-refractivity contribution in [3.8, 4) is 12.3 Å². The van der Waals surface area contributed by atoms with Gasteiger partial charge in [0.1, 0.15) is 6.61 Å². The predicted octanol–water partition coefficient (Wildman–Crippen LogP) is 0.176. The molecule has 3 nitrogen and oxygen atoms in total. The second kappa shape index (κ2) is 5.15. The second-order valence-electron chi connectivity index (χ2n) is 2.89. The fourth-order valence-electron chi connectivity index (χ4n) is 1.23. The normalized spacial score (nSPS) is 29.7. The molecule has 12 heavy (non-hydrogen) atoms. The van der Waals surface area contributed by atoms with Crippen LogP contribution < -0.4 is 0 Å². The molecule has 68 valence electrons. The summed E-state index contributed by atoms with van der Waals surface area (Å²) in [6, 6.07) is 0. The SMILES string of the molecule is C#CCOCC1CC(O)CCO1. The minimum absolute atomic E-state index is 0.0158. The molecule has 1 N–H and O–H groups in total. The zero-order valence-corrected chi connectivity index (χ0v) is 7.03. The number of hydrogen-bond donors (Lipinski definition) is 1. The van der Waals surface area contributed by atoms with Crippen molar-refractivity contribution < 1.29 is 14.6 Å². The van der Waals surface area contributed by atoms with E-state index in [1.54, 1.807) is 0 Å². The lowest BCUT2D eigenvalue weighted by molar-refractivity contribution is -0.0747. The largest absolute Gasteiger partial charge is 0.393 e.